The maximum absolute atomic E-state index is 12.7. The molecule has 0 aromatic heterocycles. The van der Waals surface area contributed by atoms with Gasteiger partial charge in [0, 0.05) is 6.08 Å². The van der Waals surface area contributed by atoms with E-state index in [1.807, 2.05) is 0 Å². The Hall–Kier alpha value is -0.860. The Morgan fingerprint density at radius 2 is 2.00 bits per heavy atom. The summed E-state index contributed by atoms with van der Waals surface area (Å²) in [5.74, 6) is -0.886. The molecule has 10 heavy (non-hydrogen) atoms. The van der Waals surface area contributed by atoms with Crippen LogP contribution in [0.4, 0.5) is 4.39 Å². The van der Waals surface area contributed by atoms with Gasteiger partial charge < -0.3 is 5.11 Å². The van der Waals surface area contributed by atoms with Crippen molar-refractivity contribution < 1.29 is 14.3 Å². The number of aliphatic hydroxyl groups is 1. The molecule has 0 aromatic carbocycles. The van der Waals surface area contributed by atoms with Gasteiger partial charge in [-0.3, -0.25) is 4.79 Å². The lowest BCUT2D eigenvalue weighted by Crippen LogP contribution is -2.16. The van der Waals surface area contributed by atoms with E-state index in [-0.39, 0.29) is 5.78 Å². The monoisotopic (exact) mass is 146 g/mol. The van der Waals surface area contributed by atoms with Crippen molar-refractivity contribution in [1.29, 1.82) is 0 Å². The molecule has 0 aliphatic carbocycles. The van der Waals surface area contributed by atoms with Gasteiger partial charge in [-0.1, -0.05) is 0 Å². The standard InChI is InChI=1S/C7H11FO2/c1-5(9)4-6(10)7(2,3)8/h4,10H,1-3H3. The number of rotatable bonds is 2. The Bertz CT molecular complexity index is 165. The summed E-state index contributed by atoms with van der Waals surface area (Å²) < 4.78 is 12.7. The van der Waals surface area contributed by atoms with Crippen molar-refractivity contribution in [3.05, 3.63) is 11.8 Å². The molecule has 0 aliphatic heterocycles. The highest BCUT2D eigenvalue weighted by Crippen LogP contribution is 2.17. The van der Waals surface area contributed by atoms with Crippen LogP contribution >= 0.6 is 0 Å². The van der Waals surface area contributed by atoms with E-state index in [4.69, 9.17) is 5.11 Å². The van der Waals surface area contributed by atoms with Gasteiger partial charge in [0.2, 0.25) is 0 Å². The smallest absolute Gasteiger partial charge is 0.161 e. The molecule has 2 nitrogen and oxygen atoms in total. The van der Waals surface area contributed by atoms with Crippen LogP contribution in [0.5, 0.6) is 0 Å². The van der Waals surface area contributed by atoms with Gasteiger partial charge in [0.05, 0.1) is 0 Å². The zero-order chi connectivity index (χ0) is 8.36. The van der Waals surface area contributed by atoms with Crippen LogP contribution in [0, 0.1) is 0 Å². The number of hydrogen-bond donors (Lipinski definition) is 1. The fourth-order valence-electron chi connectivity index (χ4n) is 0.364. The van der Waals surface area contributed by atoms with Gasteiger partial charge in [-0.2, -0.15) is 0 Å². The van der Waals surface area contributed by atoms with Crippen LogP contribution in [0.1, 0.15) is 20.8 Å². The van der Waals surface area contributed by atoms with E-state index in [2.05, 4.69) is 0 Å². The average Bonchev–Trinajstić information content (AvgIpc) is 1.60. The normalized spacial score (nSPS) is 13.4. The van der Waals surface area contributed by atoms with Crippen molar-refractivity contribution in [2.45, 2.75) is 26.4 Å². The van der Waals surface area contributed by atoms with E-state index in [0.717, 1.165) is 6.08 Å². The first-order chi connectivity index (χ1) is 4.34. The fourth-order valence-corrected chi connectivity index (χ4v) is 0.364. The van der Waals surface area contributed by atoms with E-state index < -0.39 is 11.4 Å². The highest BCUT2D eigenvalue weighted by Gasteiger charge is 2.21. The zero-order valence-electron chi connectivity index (χ0n) is 6.31. The summed E-state index contributed by atoms with van der Waals surface area (Å²) in [5.41, 5.74) is -1.81. The van der Waals surface area contributed by atoms with Crippen molar-refractivity contribution in [3.63, 3.8) is 0 Å². The van der Waals surface area contributed by atoms with Crippen molar-refractivity contribution >= 4 is 5.78 Å². The van der Waals surface area contributed by atoms with Crippen LogP contribution in [0.2, 0.25) is 0 Å². The second kappa shape index (κ2) is 2.82. The molecule has 0 rings (SSSR count). The summed E-state index contributed by atoms with van der Waals surface area (Å²) in [6, 6.07) is 0. The first-order valence-electron chi connectivity index (χ1n) is 2.94. The van der Waals surface area contributed by atoms with E-state index in [9.17, 15) is 9.18 Å². The van der Waals surface area contributed by atoms with Crippen LogP contribution in [0.15, 0.2) is 11.8 Å². The number of carbonyl (C=O) groups excluding carboxylic acids is 1. The molecule has 0 saturated heterocycles. The van der Waals surface area contributed by atoms with Crippen LogP contribution in [0.3, 0.4) is 0 Å². The maximum Gasteiger partial charge on any atom is 0.161 e. The van der Waals surface area contributed by atoms with E-state index in [1.165, 1.54) is 20.8 Å². The van der Waals surface area contributed by atoms with Crippen LogP contribution in [0.25, 0.3) is 0 Å². The molecule has 1 N–H and O–H groups in total. The number of hydrogen-bond acceptors (Lipinski definition) is 2. The molecule has 0 spiro atoms. The highest BCUT2D eigenvalue weighted by molar-refractivity contribution is 5.87. The van der Waals surface area contributed by atoms with Gasteiger partial charge in [0.1, 0.15) is 5.76 Å². The molecular formula is C7H11FO2. The van der Waals surface area contributed by atoms with Crippen molar-refractivity contribution in [2.24, 2.45) is 0 Å². The summed E-state index contributed by atoms with van der Waals surface area (Å²) in [4.78, 5) is 10.3. The molecular weight excluding hydrogens is 135 g/mol. The van der Waals surface area contributed by atoms with Gasteiger partial charge in [-0.25, -0.2) is 4.39 Å². The van der Waals surface area contributed by atoms with Gasteiger partial charge in [0.15, 0.2) is 11.5 Å². The van der Waals surface area contributed by atoms with E-state index >= 15 is 0 Å². The quantitative estimate of drug-likeness (QED) is 0.476. The Morgan fingerprint density at radius 3 is 2.10 bits per heavy atom. The van der Waals surface area contributed by atoms with E-state index in [0.29, 0.717) is 0 Å². The molecule has 0 unspecified atom stereocenters. The van der Waals surface area contributed by atoms with E-state index in [1.54, 1.807) is 0 Å². The fraction of sp³-hybridized carbons (Fsp3) is 0.571. The minimum absolute atomic E-state index is 0.358. The number of halogens is 1. The molecule has 0 radical (unpaired) electrons. The van der Waals surface area contributed by atoms with Gasteiger partial charge >= 0.3 is 0 Å². The Balaban J connectivity index is 4.35. The first-order valence-corrected chi connectivity index (χ1v) is 2.94. The molecule has 0 amide bonds. The summed E-state index contributed by atoms with van der Waals surface area (Å²) in [6.07, 6.45) is 0.875. The van der Waals surface area contributed by atoms with Crippen molar-refractivity contribution in [1.82, 2.24) is 0 Å². The second-order valence-corrected chi connectivity index (χ2v) is 2.61. The lowest BCUT2D eigenvalue weighted by molar-refractivity contribution is -0.112. The zero-order valence-corrected chi connectivity index (χ0v) is 6.31. The summed E-state index contributed by atoms with van der Waals surface area (Å²) in [5, 5.41) is 8.82. The molecule has 0 aromatic rings. The molecule has 3 heteroatoms. The SMILES string of the molecule is CC(=O)C=C(O)C(C)(C)F. The molecule has 0 fully saturated rings. The average molecular weight is 146 g/mol. The number of alkyl halides is 1. The molecule has 58 valence electrons. The number of ketones is 1. The van der Waals surface area contributed by atoms with Crippen molar-refractivity contribution in [3.8, 4) is 0 Å². The van der Waals surface area contributed by atoms with Gasteiger partial charge in [0.25, 0.3) is 0 Å². The summed E-state index contributed by atoms with van der Waals surface area (Å²) >= 11 is 0. The number of carbonyl (C=O) groups is 1. The molecule has 0 aliphatic rings. The Morgan fingerprint density at radius 1 is 1.60 bits per heavy atom. The van der Waals surface area contributed by atoms with Crippen LogP contribution in [-0.4, -0.2) is 16.6 Å². The van der Waals surface area contributed by atoms with Crippen LogP contribution < -0.4 is 0 Å². The minimum atomic E-state index is -1.81. The maximum atomic E-state index is 12.7. The van der Waals surface area contributed by atoms with Gasteiger partial charge in [-0.15, -0.1) is 0 Å². The molecule has 0 bridgehead atoms. The van der Waals surface area contributed by atoms with Gasteiger partial charge in [-0.05, 0) is 20.8 Å². The summed E-state index contributed by atoms with van der Waals surface area (Å²) in [6.45, 7) is 3.62. The Labute approximate surface area is 59.4 Å². The largest absolute Gasteiger partial charge is 0.509 e. The third-order valence-electron chi connectivity index (χ3n) is 0.949. The molecule has 0 heterocycles. The predicted molar refractivity (Wildman–Crippen MR) is 36.6 cm³/mol. The third-order valence-corrected chi connectivity index (χ3v) is 0.949. The molecule has 0 atom stereocenters. The molecule has 0 saturated carbocycles. The third kappa shape index (κ3) is 3.22. The minimum Gasteiger partial charge on any atom is -0.509 e. The lowest BCUT2D eigenvalue weighted by atomic mass is 10.1. The second-order valence-electron chi connectivity index (χ2n) is 2.61. The van der Waals surface area contributed by atoms with Crippen molar-refractivity contribution in [2.75, 3.05) is 0 Å². The first kappa shape index (κ1) is 9.14. The van der Waals surface area contributed by atoms with Crippen LogP contribution in [-0.2, 0) is 4.79 Å². The number of aliphatic hydroxyl groups excluding tert-OH is 1. The number of allylic oxidation sites excluding steroid dienone is 2. The predicted octanol–water partition coefficient (Wildman–Crippen LogP) is 1.77. The highest BCUT2D eigenvalue weighted by atomic mass is 19.1. The Kier molecular flexibility index (Phi) is 2.57. The lowest BCUT2D eigenvalue weighted by Gasteiger charge is -2.11. The summed E-state index contributed by atoms with van der Waals surface area (Å²) in [7, 11) is 0. The topological polar surface area (TPSA) is 37.3 Å².